The minimum Gasteiger partial charge on any atom is -0.366 e. The monoisotopic (exact) mass is 212 g/mol. The lowest BCUT2D eigenvalue weighted by Gasteiger charge is -2.11. The minimum absolute atomic E-state index is 0.423. The van der Waals surface area contributed by atoms with Crippen molar-refractivity contribution in [3.8, 4) is 0 Å². The molecule has 1 aliphatic heterocycles. The number of anilines is 1. The number of halogens is 1. The molecule has 76 valence electrons. The average Bonchev–Trinajstić information content (AvgIpc) is 2.51. The Labute approximate surface area is 87.3 Å². The number of nitrogens with zero attached hydrogens (tertiary/aromatic N) is 1. The highest BCUT2D eigenvalue weighted by Gasteiger charge is 2.21. The van der Waals surface area contributed by atoms with Crippen molar-refractivity contribution in [2.45, 2.75) is 24.6 Å². The van der Waals surface area contributed by atoms with E-state index in [-0.39, 0.29) is 0 Å². The number of rotatable bonds is 2. The van der Waals surface area contributed by atoms with Gasteiger partial charge < -0.3 is 5.32 Å². The second-order valence-electron chi connectivity index (χ2n) is 3.57. The van der Waals surface area contributed by atoms with Gasteiger partial charge in [-0.3, -0.25) is 0 Å². The van der Waals surface area contributed by atoms with Crippen molar-refractivity contribution < 1.29 is 4.39 Å². The fourth-order valence-corrected chi connectivity index (χ4v) is 2.76. The zero-order chi connectivity index (χ0) is 9.97. The Morgan fingerprint density at radius 2 is 2.43 bits per heavy atom. The Balaban J connectivity index is 1.97. The third kappa shape index (κ3) is 2.38. The van der Waals surface area contributed by atoms with Crippen molar-refractivity contribution in [1.82, 2.24) is 4.98 Å². The molecule has 1 fully saturated rings. The van der Waals surface area contributed by atoms with Crippen LogP contribution in [0.1, 0.15) is 13.3 Å². The lowest BCUT2D eigenvalue weighted by molar-refractivity contribution is 0.583. The number of aromatic nitrogens is 1. The topological polar surface area (TPSA) is 24.9 Å². The van der Waals surface area contributed by atoms with Gasteiger partial charge in [-0.15, -0.1) is 0 Å². The molecule has 0 amide bonds. The van der Waals surface area contributed by atoms with Crippen LogP contribution in [0.3, 0.4) is 0 Å². The van der Waals surface area contributed by atoms with E-state index >= 15 is 0 Å². The van der Waals surface area contributed by atoms with Gasteiger partial charge in [-0.25, -0.2) is 4.98 Å². The maximum Gasteiger partial charge on any atom is 0.214 e. The first-order chi connectivity index (χ1) is 6.74. The molecule has 0 bridgehead atoms. The van der Waals surface area contributed by atoms with Gasteiger partial charge in [0.2, 0.25) is 5.95 Å². The van der Waals surface area contributed by atoms with E-state index in [1.54, 1.807) is 12.1 Å². The normalized spacial score (nSPS) is 26.4. The van der Waals surface area contributed by atoms with Crippen LogP contribution in [-0.2, 0) is 0 Å². The molecule has 1 aromatic heterocycles. The molecule has 1 aliphatic rings. The van der Waals surface area contributed by atoms with Gasteiger partial charge in [0.25, 0.3) is 0 Å². The van der Waals surface area contributed by atoms with Crippen molar-refractivity contribution in [1.29, 1.82) is 0 Å². The van der Waals surface area contributed by atoms with Crippen LogP contribution >= 0.6 is 11.8 Å². The van der Waals surface area contributed by atoms with Gasteiger partial charge in [-0.05, 0) is 18.6 Å². The lowest BCUT2D eigenvalue weighted by atomic mass is 10.2. The SMILES string of the molecule is CC1CC(Nc2cccc(F)n2)CS1. The Bertz CT molecular complexity index is 319. The van der Waals surface area contributed by atoms with E-state index in [9.17, 15) is 4.39 Å². The van der Waals surface area contributed by atoms with Crippen LogP contribution in [-0.4, -0.2) is 22.0 Å². The summed E-state index contributed by atoms with van der Waals surface area (Å²) in [5.74, 6) is 1.30. The fraction of sp³-hybridized carbons (Fsp3) is 0.500. The number of pyridine rings is 1. The van der Waals surface area contributed by atoms with E-state index in [2.05, 4.69) is 17.2 Å². The second-order valence-corrected chi connectivity index (χ2v) is 5.04. The van der Waals surface area contributed by atoms with Crippen LogP contribution in [0, 0.1) is 5.95 Å². The maximum absolute atomic E-state index is 12.8. The molecule has 0 saturated carbocycles. The molecule has 2 rings (SSSR count). The third-order valence-electron chi connectivity index (χ3n) is 2.27. The molecule has 1 N–H and O–H groups in total. The molecule has 2 unspecified atom stereocenters. The highest BCUT2D eigenvalue weighted by molar-refractivity contribution is 8.00. The van der Waals surface area contributed by atoms with Crippen LogP contribution in [0.2, 0.25) is 0 Å². The molecule has 0 aliphatic carbocycles. The molecule has 2 heterocycles. The summed E-state index contributed by atoms with van der Waals surface area (Å²) in [6, 6.07) is 5.27. The number of hydrogen-bond acceptors (Lipinski definition) is 3. The number of hydrogen-bond donors (Lipinski definition) is 1. The first-order valence-corrected chi connectivity index (χ1v) is 5.79. The summed E-state index contributed by atoms with van der Waals surface area (Å²) in [4.78, 5) is 3.77. The van der Waals surface area contributed by atoms with Crippen molar-refractivity contribution in [3.05, 3.63) is 24.1 Å². The van der Waals surface area contributed by atoms with Gasteiger partial charge in [0.15, 0.2) is 0 Å². The smallest absolute Gasteiger partial charge is 0.214 e. The van der Waals surface area contributed by atoms with E-state index in [1.807, 2.05) is 11.8 Å². The number of nitrogens with one attached hydrogen (secondary N) is 1. The van der Waals surface area contributed by atoms with Crippen LogP contribution in [0.15, 0.2) is 18.2 Å². The van der Waals surface area contributed by atoms with E-state index in [1.165, 1.54) is 6.07 Å². The van der Waals surface area contributed by atoms with E-state index in [0.29, 0.717) is 17.1 Å². The number of thioether (sulfide) groups is 1. The Morgan fingerprint density at radius 3 is 3.07 bits per heavy atom. The van der Waals surface area contributed by atoms with Crippen LogP contribution in [0.25, 0.3) is 0 Å². The van der Waals surface area contributed by atoms with Crippen LogP contribution in [0.5, 0.6) is 0 Å². The fourth-order valence-electron chi connectivity index (χ4n) is 1.62. The minimum atomic E-state index is -0.423. The quantitative estimate of drug-likeness (QED) is 0.762. The van der Waals surface area contributed by atoms with Gasteiger partial charge in [0.05, 0.1) is 0 Å². The zero-order valence-electron chi connectivity index (χ0n) is 8.03. The molecule has 2 nitrogen and oxygen atoms in total. The maximum atomic E-state index is 12.8. The molecule has 0 spiro atoms. The molecule has 14 heavy (non-hydrogen) atoms. The van der Waals surface area contributed by atoms with Gasteiger partial charge in [0.1, 0.15) is 5.82 Å². The summed E-state index contributed by atoms with van der Waals surface area (Å²) < 4.78 is 12.8. The highest BCUT2D eigenvalue weighted by atomic mass is 32.2. The molecule has 0 radical (unpaired) electrons. The first-order valence-electron chi connectivity index (χ1n) is 4.75. The molecular formula is C10H13FN2S. The molecule has 1 aromatic rings. The van der Waals surface area contributed by atoms with Crippen molar-refractivity contribution >= 4 is 17.6 Å². The Morgan fingerprint density at radius 1 is 1.57 bits per heavy atom. The first kappa shape index (κ1) is 9.77. The predicted octanol–water partition coefficient (Wildman–Crippen LogP) is 2.53. The molecular weight excluding hydrogens is 199 g/mol. The van der Waals surface area contributed by atoms with Crippen molar-refractivity contribution in [3.63, 3.8) is 0 Å². The molecule has 1 saturated heterocycles. The van der Waals surface area contributed by atoms with Crippen molar-refractivity contribution in [2.75, 3.05) is 11.1 Å². The Kier molecular flexibility index (Phi) is 2.91. The van der Waals surface area contributed by atoms with Gasteiger partial charge >= 0.3 is 0 Å². The summed E-state index contributed by atoms with van der Waals surface area (Å²) in [7, 11) is 0. The summed E-state index contributed by atoms with van der Waals surface area (Å²) in [5, 5.41) is 3.94. The van der Waals surface area contributed by atoms with Gasteiger partial charge in [0, 0.05) is 17.0 Å². The Hall–Kier alpha value is -0.770. The van der Waals surface area contributed by atoms with E-state index in [0.717, 1.165) is 12.2 Å². The van der Waals surface area contributed by atoms with Crippen LogP contribution < -0.4 is 5.32 Å². The predicted molar refractivity (Wildman–Crippen MR) is 58.1 cm³/mol. The van der Waals surface area contributed by atoms with Gasteiger partial charge in [-0.1, -0.05) is 13.0 Å². The largest absolute Gasteiger partial charge is 0.366 e. The summed E-state index contributed by atoms with van der Waals surface area (Å²) in [5.41, 5.74) is 0. The van der Waals surface area contributed by atoms with E-state index < -0.39 is 5.95 Å². The molecule has 0 aromatic carbocycles. The van der Waals surface area contributed by atoms with Gasteiger partial charge in [-0.2, -0.15) is 16.2 Å². The summed E-state index contributed by atoms with van der Waals surface area (Å²) >= 11 is 1.94. The molecule has 4 heteroatoms. The third-order valence-corrected chi connectivity index (χ3v) is 3.62. The average molecular weight is 212 g/mol. The zero-order valence-corrected chi connectivity index (χ0v) is 8.85. The standard InChI is InChI=1S/C10H13FN2S/c1-7-5-8(6-14-7)12-10-4-2-3-9(11)13-10/h2-4,7-8H,5-6H2,1H3,(H,12,13). The van der Waals surface area contributed by atoms with Crippen LogP contribution in [0.4, 0.5) is 10.2 Å². The summed E-state index contributed by atoms with van der Waals surface area (Å²) in [6.45, 7) is 2.21. The lowest BCUT2D eigenvalue weighted by Crippen LogP contribution is -2.19. The van der Waals surface area contributed by atoms with Crippen molar-refractivity contribution in [2.24, 2.45) is 0 Å². The second kappa shape index (κ2) is 4.17. The highest BCUT2D eigenvalue weighted by Crippen LogP contribution is 2.27. The summed E-state index contributed by atoms with van der Waals surface area (Å²) in [6.07, 6.45) is 1.13. The van der Waals surface area contributed by atoms with E-state index in [4.69, 9.17) is 0 Å². The molecule has 2 atom stereocenters.